The van der Waals surface area contributed by atoms with Gasteiger partial charge in [0.05, 0.1) is 25.0 Å². The normalized spacial score (nSPS) is 22.0. The van der Waals surface area contributed by atoms with Gasteiger partial charge in [-0.3, -0.25) is 4.68 Å². The zero-order chi connectivity index (χ0) is 14.2. The molecule has 0 aliphatic carbocycles. The fourth-order valence-corrected chi connectivity index (χ4v) is 3.45. The first kappa shape index (κ1) is 14.5. The summed E-state index contributed by atoms with van der Waals surface area (Å²) in [4.78, 5) is 0. The zero-order valence-corrected chi connectivity index (χ0v) is 12.9. The van der Waals surface area contributed by atoms with Crippen LogP contribution in [0.4, 0.5) is 0 Å². The third-order valence-corrected chi connectivity index (χ3v) is 4.20. The molecule has 0 radical (unpaired) electrons. The Morgan fingerprint density at radius 2 is 2.05 bits per heavy atom. The highest BCUT2D eigenvalue weighted by atomic mass is 16.5. The van der Waals surface area contributed by atoms with Crippen molar-refractivity contribution in [1.29, 1.82) is 0 Å². The number of nitrogens with zero attached hydrogens (tertiary/aromatic N) is 2. The van der Waals surface area contributed by atoms with Crippen molar-refractivity contribution in [3.05, 3.63) is 17.5 Å². The quantitative estimate of drug-likeness (QED) is 0.840. The van der Waals surface area contributed by atoms with Gasteiger partial charge in [0.25, 0.3) is 0 Å². The predicted molar refractivity (Wildman–Crippen MR) is 75.1 cm³/mol. The van der Waals surface area contributed by atoms with E-state index in [-0.39, 0.29) is 11.7 Å². The smallest absolute Gasteiger partial charge is 0.115 e. The number of rotatable bonds is 4. The monoisotopic (exact) mass is 266 g/mol. The molecule has 19 heavy (non-hydrogen) atoms. The van der Waals surface area contributed by atoms with Crippen molar-refractivity contribution in [1.82, 2.24) is 9.78 Å². The summed E-state index contributed by atoms with van der Waals surface area (Å²) in [5.41, 5.74) is 2.19. The first-order chi connectivity index (χ1) is 8.93. The van der Waals surface area contributed by atoms with E-state index in [1.807, 2.05) is 6.20 Å². The van der Waals surface area contributed by atoms with E-state index in [1.165, 1.54) is 11.3 Å². The Morgan fingerprint density at radius 3 is 2.58 bits per heavy atom. The van der Waals surface area contributed by atoms with E-state index in [0.717, 1.165) is 6.54 Å². The highest BCUT2D eigenvalue weighted by molar-refractivity contribution is 5.26. The van der Waals surface area contributed by atoms with Crippen molar-refractivity contribution < 1.29 is 9.47 Å². The van der Waals surface area contributed by atoms with Crippen LogP contribution in [-0.2, 0) is 21.6 Å². The molecule has 0 N–H and O–H groups in total. The lowest BCUT2D eigenvalue weighted by Gasteiger charge is -2.47. The van der Waals surface area contributed by atoms with Crippen LogP contribution >= 0.6 is 0 Å². The Bertz CT molecular complexity index is 429. The van der Waals surface area contributed by atoms with Gasteiger partial charge in [0.2, 0.25) is 0 Å². The van der Waals surface area contributed by atoms with Gasteiger partial charge in [0, 0.05) is 7.11 Å². The van der Waals surface area contributed by atoms with E-state index in [1.54, 1.807) is 7.11 Å². The minimum atomic E-state index is -0.276. The Morgan fingerprint density at radius 1 is 1.42 bits per heavy atom. The molecular formula is C15H26N2O2. The summed E-state index contributed by atoms with van der Waals surface area (Å²) >= 11 is 0. The Labute approximate surface area is 116 Å². The van der Waals surface area contributed by atoms with Crippen LogP contribution in [0.3, 0.4) is 0 Å². The summed E-state index contributed by atoms with van der Waals surface area (Å²) in [6.07, 6.45) is 2.02. The van der Waals surface area contributed by atoms with E-state index in [2.05, 4.69) is 44.4 Å². The molecule has 2 heterocycles. The summed E-state index contributed by atoms with van der Waals surface area (Å²) in [6, 6.07) is 0. The third-order valence-electron chi connectivity index (χ3n) is 4.20. The molecule has 108 valence electrons. The van der Waals surface area contributed by atoms with Gasteiger partial charge in [-0.15, -0.1) is 0 Å². The lowest BCUT2D eigenvalue weighted by Crippen LogP contribution is -2.51. The summed E-state index contributed by atoms with van der Waals surface area (Å²) < 4.78 is 13.9. The molecule has 1 atom stereocenters. The van der Waals surface area contributed by atoms with Crippen LogP contribution in [0, 0.1) is 18.8 Å². The number of hydrogen-bond donors (Lipinski definition) is 0. The molecule has 4 heteroatoms. The standard InChI is InChI=1S/C15H26N2O2/c1-10(2)15(11(3)4)14-12(5)7-16-17(14)8-13(19-15)9-18-6/h7,10-11,13H,8-9H2,1-6H3. The predicted octanol–water partition coefficient (Wildman–Crippen LogP) is 2.74. The Balaban J connectivity index is 2.53. The van der Waals surface area contributed by atoms with Gasteiger partial charge in [0.1, 0.15) is 11.7 Å². The third kappa shape index (κ3) is 2.21. The highest BCUT2D eigenvalue weighted by Gasteiger charge is 2.48. The number of methoxy groups -OCH3 is 1. The van der Waals surface area contributed by atoms with E-state index in [4.69, 9.17) is 9.47 Å². The number of fused-ring (bicyclic) bond motifs is 1. The minimum absolute atomic E-state index is 0.0709. The van der Waals surface area contributed by atoms with Crippen molar-refractivity contribution >= 4 is 0 Å². The SMILES string of the molecule is COCC1Cn2ncc(C)c2C(C(C)C)(C(C)C)O1. The number of hydrogen-bond acceptors (Lipinski definition) is 3. The Kier molecular flexibility index (Phi) is 4.02. The van der Waals surface area contributed by atoms with Crippen molar-refractivity contribution in [2.45, 2.75) is 52.9 Å². The summed E-state index contributed by atoms with van der Waals surface area (Å²) in [7, 11) is 1.72. The van der Waals surface area contributed by atoms with Crippen LogP contribution in [0.15, 0.2) is 6.20 Å². The van der Waals surface area contributed by atoms with E-state index in [0.29, 0.717) is 18.4 Å². The lowest BCUT2D eigenvalue weighted by atomic mass is 9.75. The van der Waals surface area contributed by atoms with Crippen molar-refractivity contribution in [3.63, 3.8) is 0 Å². The molecule has 1 aromatic rings. The van der Waals surface area contributed by atoms with E-state index >= 15 is 0 Å². The second kappa shape index (κ2) is 5.25. The lowest BCUT2D eigenvalue weighted by molar-refractivity contribution is -0.194. The maximum absolute atomic E-state index is 6.52. The van der Waals surface area contributed by atoms with Crippen LogP contribution in [0.25, 0.3) is 0 Å². The van der Waals surface area contributed by atoms with Crippen LogP contribution in [0.1, 0.15) is 39.0 Å². The average molecular weight is 266 g/mol. The van der Waals surface area contributed by atoms with Crippen molar-refractivity contribution in [3.8, 4) is 0 Å². The molecule has 0 spiro atoms. The summed E-state index contributed by atoms with van der Waals surface area (Å²) in [6.45, 7) is 12.4. The van der Waals surface area contributed by atoms with E-state index < -0.39 is 0 Å². The fourth-order valence-electron chi connectivity index (χ4n) is 3.45. The second-order valence-electron chi connectivity index (χ2n) is 6.16. The highest BCUT2D eigenvalue weighted by Crippen LogP contribution is 2.45. The van der Waals surface area contributed by atoms with Gasteiger partial charge >= 0.3 is 0 Å². The fraction of sp³-hybridized carbons (Fsp3) is 0.800. The van der Waals surface area contributed by atoms with Crippen molar-refractivity contribution in [2.75, 3.05) is 13.7 Å². The van der Waals surface area contributed by atoms with Gasteiger partial charge in [0.15, 0.2) is 0 Å². The first-order valence-corrected chi connectivity index (χ1v) is 7.13. The van der Waals surface area contributed by atoms with E-state index in [9.17, 15) is 0 Å². The summed E-state index contributed by atoms with van der Waals surface area (Å²) in [5, 5.41) is 4.53. The molecule has 0 saturated carbocycles. The van der Waals surface area contributed by atoms with Gasteiger partial charge in [-0.1, -0.05) is 27.7 Å². The van der Waals surface area contributed by atoms with Crippen LogP contribution in [-0.4, -0.2) is 29.6 Å². The molecule has 0 aromatic carbocycles. The van der Waals surface area contributed by atoms with Crippen LogP contribution in [0.2, 0.25) is 0 Å². The van der Waals surface area contributed by atoms with Gasteiger partial charge in [-0.25, -0.2) is 0 Å². The zero-order valence-electron chi connectivity index (χ0n) is 12.9. The molecule has 1 aromatic heterocycles. The van der Waals surface area contributed by atoms with Crippen LogP contribution < -0.4 is 0 Å². The molecule has 1 aliphatic rings. The molecule has 2 rings (SSSR count). The van der Waals surface area contributed by atoms with Crippen molar-refractivity contribution in [2.24, 2.45) is 11.8 Å². The number of aryl methyl sites for hydroxylation is 1. The molecule has 1 aliphatic heterocycles. The molecule has 0 bridgehead atoms. The minimum Gasteiger partial charge on any atom is -0.382 e. The first-order valence-electron chi connectivity index (χ1n) is 7.13. The van der Waals surface area contributed by atoms with Gasteiger partial charge in [-0.2, -0.15) is 5.10 Å². The van der Waals surface area contributed by atoms with Crippen LogP contribution in [0.5, 0.6) is 0 Å². The summed E-state index contributed by atoms with van der Waals surface area (Å²) in [5.74, 6) is 0.780. The molecule has 0 saturated heterocycles. The topological polar surface area (TPSA) is 36.3 Å². The second-order valence-corrected chi connectivity index (χ2v) is 6.16. The number of aromatic nitrogens is 2. The molecule has 0 fully saturated rings. The largest absolute Gasteiger partial charge is 0.382 e. The molecule has 4 nitrogen and oxygen atoms in total. The molecular weight excluding hydrogens is 240 g/mol. The average Bonchev–Trinajstić information content (AvgIpc) is 2.70. The maximum Gasteiger partial charge on any atom is 0.115 e. The molecule has 1 unspecified atom stereocenters. The number of ether oxygens (including phenoxy) is 2. The maximum atomic E-state index is 6.52. The molecule has 0 amide bonds. The van der Waals surface area contributed by atoms with Gasteiger partial charge < -0.3 is 9.47 Å². The van der Waals surface area contributed by atoms with Gasteiger partial charge in [-0.05, 0) is 24.3 Å². The Hall–Kier alpha value is -0.870.